The fourth-order valence-electron chi connectivity index (χ4n) is 1.47. The van der Waals surface area contributed by atoms with Crippen molar-refractivity contribution in [1.29, 1.82) is 0 Å². The van der Waals surface area contributed by atoms with Crippen LogP contribution in [0, 0.1) is 11.6 Å². The minimum Gasteiger partial charge on any atom is -0.398 e. The molecule has 19 heavy (non-hydrogen) atoms. The Kier molecular flexibility index (Phi) is 3.66. The van der Waals surface area contributed by atoms with Crippen molar-refractivity contribution < 1.29 is 13.6 Å². The molecule has 0 fully saturated rings. The lowest BCUT2D eigenvalue weighted by Crippen LogP contribution is -2.14. The third-order valence-corrected chi connectivity index (χ3v) is 2.76. The number of benzene rings is 2. The minimum atomic E-state index is -0.805. The fraction of sp³-hybridized carbons (Fsp3) is 0. The van der Waals surface area contributed by atoms with Gasteiger partial charge in [0.1, 0.15) is 11.6 Å². The van der Waals surface area contributed by atoms with Crippen LogP contribution in [0.2, 0.25) is 5.02 Å². The van der Waals surface area contributed by atoms with Crippen LogP contribution in [0.15, 0.2) is 36.4 Å². The molecule has 0 unspecified atom stereocenters. The van der Waals surface area contributed by atoms with Gasteiger partial charge in [-0.25, -0.2) is 8.78 Å². The number of nitrogens with two attached hydrogens (primary N) is 1. The van der Waals surface area contributed by atoms with Crippen LogP contribution in [0.3, 0.4) is 0 Å². The van der Waals surface area contributed by atoms with Gasteiger partial charge in [0, 0.05) is 5.69 Å². The van der Waals surface area contributed by atoms with E-state index in [9.17, 15) is 13.6 Å². The number of anilines is 2. The Hall–Kier alpha value is -2.14. The highest BCUT2D eigenvalue weighted by Crippen LogP contribution is 2.23. The number of nitrogens with one attached hydrogen (secondary N) is 1. The lowest BCUT2D eigenvalue weighted by molar-refractivity contribution is 0.102. The third kappa shape index (κ3) is 3.00. The Labute approximate surface area is 113 Å². The molecule has 0 saturated heterocycles. The third-order valence-electron chi connectivity index (χ3n) is 2.43. The van der Waals surface area contributed by atoms with E-state index in [0.717, 1.165) is 18.2 Å². The highest BCUT2D eigenvalue weighted by atomic mass is 35.5. The van der Waals surface area contributed by atoms with Crippen LogP contribution < -0.4 is 11.1 Å². The quantitative estimate of drug-likeness (QED) is 0.829. The van der Waals surface area contributed by atoms with Gasteiger partial charge in [-0.3, -0.25) is 4.79 Å². The molecule has 0 aromatic heterocycles. The number of hydrogen-bond acceptors (Lipinski definition) is 2. The molecule has 0 bridgehead atoms. The van der Waals surface area contributed by atoms with Crippen LogP contribution in [0.1, 0.15) is 10.4 Å². The van der Waals surface area contributed by atoms with Crippen LogP contribution in [0.4, 0.5) is 20.2 Å². The van der Waals surface area contributed by atoms with E-state index in [1.54, 1.807) is 0 Å². The smallest absolute Gasteiger partial charge is 0.258 e. The van der Waals surface area contributed by atoms with Crippen molar-refractivity contribution in [1.82, 2.24) is 0 Å². The van der Waals surface area contributed by atoms with E-state index in [1.165, 1.54) is 18.2 Å². The van der Waals surface area contributed by atoms with Crippen LogP contribution in [0.5, 0.6) is 0 Å². The maximum absolute atomic E-state index is 13.4. The van der Waals surface area contributed by atoms with E-state index in [4.69, 9.17) is 17.3 Å². The average Bonchev–Trinajstić information content (AvgIpc) is 2.36. The lowest BCUT2D eigenvalue weighted by Gasteiger charge is -2.07. The van der Waals surface area contributed by atoms with Gasteiger partial charge in [0.05, 0.1) is 16.3 Å². The van der Waals surface area contributed by atoms with Gasteiger partial charge in [0.15, 0.2) is 0 Å². The molecule has 2 rings (SSSR count). The first kappa shape index (κ1) is 13.3. The zero-order chi connectivity index (χ0) is 14.0. The Morgan fingerprint density at radius 3 is 2.58 bits per heavy atom. The highest BCUT2D eigenvalue weighted by Gasteiger charge is 2.13. The van der Waals surface area contributed by atoms with Crippen molar-refractivity contribution in [2.24, 2.45) is 0 Å². The van der Waals surface area contributed by atoms with Gasteiger partial charge in [-0.05, 0) is 36.4 Å². The Morgan fingerprint density at radius 1 is 1.16 bits per heavy atom. The first-order chi connectivity index (χ1) is 8.97. The summed E-state index contributed by atoms with van der Waals surface area (Å²) < 4.78 is 26.4. The van der Waals surface area contributed by atoms with Gasteiger partial charge < -0.3 is 11.1 Å². The van der Waals surface area contributed by atoms with Gasteiger partial charge in [-0.1, -0.05) is 11.6 Å². The number of carbonyl (C=O) groups is 1. The summed E-state index contributed by atoms with van der Waals surface area (Å²) in [6, 6.07) is 7.08. The average molecular weight is 283 g/mol. The summed E-state index contributed by atoms with van der Waals surface area (Å²) in [7, 11) is 0. The first-order valence-corrected chi connectivity index (χ1v) is 5.66. The van der Waals surface area contributed by atoms with Crippen molar-refractivity contribution in [3.8, 4) is 0 Å². The Balaban J connectivity index is 2.25. The zero-order valence-corrected chi connectivity index (χ0v) is 10.3. The summed E-state index contributed by atoms with van der Waals surface area (Å²) in [4.78, 5) is 11.8. The molecule has 0 aliphatic rings. The predicted octanol–water partition coefficient (Wildman–Crippen LogP) is 3.45. The maximum atomic E-state index is 13.4. The van der Waals surface area contributed by atoms with Gasteiger partial charge in [-0.2, -0.15) is 0 Å². The van der Waals surface area contributed by atoms with E-state index in [1.807, 2.05) is 0 Å². The van der Waals surface area contributed by atoms with E-state index < -0.39 is 17.5 Å². The Bertz CT molecular complexity index is 647. The summed E-state index contributed by atoms with van der Waals surface area (Å²) in [5.74, 6) is -2.26. The molecule has 0 atom stereocenters. The normalized spacial score (nSPS) is 10.3. The first-order valence-electron chi connectivity index (χ1n) is 5.29. The van der Waals surface area contributed by atoms with Crippen molar-refractivity contribution in [3.63, 3.8) is 0 Å². The van der Waals surface area contributed by atoms with Crippen LogP contribution >= 0.6 is 11.6 Å². The summed E-state index contributed by atoms with van der Waals surface area (Å²) in [6.07, 6.45) is 0. The van der Waals surface area contributed by atoms with Crippen molar-refractivity contribution in [2.75, 3.05) is 11.1 Å². The van der Waals surface area contributed by atoms with Crippen LogP contribution in [-0.2, 0) is 0 Å². The molecule has 98 valence electrons. The summed E-state index contributed by atoms with van der Waals surface area (Å²) in [5.41, 5.74) is 5.84. The molecule has 0 heterocycles. The SMILES string of the molecule is Nc1ccc(NC(=O)c2cc(F)ccc2F)cc1Cl. The predicted molar refractivity (Wildman–Crippen MR) is 70.2 cm³/mol. The molecule has 3 N–H and O–H groups in total. The van der Waals surface area contributed by atoms with Crippen molar-refractivity contribution in [3.05, 3.63) is 58.6 Å². The summed E-state index contributed by atoms with van der Waals surface area (Å²) in [6.45, 7) is 0. The molecule has 2 aromatic carbocycles. The maximum Gasteiger partial charge on any atom is 0.258 e. The minimum absolute atomic E-state index is 0.262. The fourth-order valence-corrected chi connectivity index (χ4v) is 1.66. The zero-order valence-electron chi connectivity index (χ0n) is 9.58. The van der Waals surface area contributed by atoms with Crippen LogP contribution in [-0.4, -0.2) is 5.91 Å². The number of rotatable bonds is 2. The molecule has 6 heteroatoms. The number of carbonyl (C=O) groups excluding carboxylic acids is 1. The summed E-state index contributed by atoms with van der Waals surface area (Å²) in [5, 5.41) is 2.67. The standard InChI is InChI=1S/C13H9ClF2N2O/c14-10-6-8(2-4-12(10)17)18-13(19)9-5-7(15)1-3-11(9)16/h1-6H,17H2,(H,18,19). The second-order valence-electron chi connectivity index (χ2n) is 3.81. The number of amides is 1. The monoisotopic (exact) mass is 282 g/mol. The number of halogens is 3. The number of nitrogen functional groups attached to an aromatic ring is 1. The van der Waals surface area contributed by atoms with Gasteiger partial charge in [-0.15, -0.1) is 0 Å². The molecular formula is C13H9ClF2N2O. The topological polar surface area (TPSA) is 55.1 Å². The Morgan fingerprint density at radius 2 is 1.89 bits per heavy atom. The molecule has 0 spiro atoms. The molecule has 0 radical (unpaired) electrons. The highest BCUT2D eigenvalue weighted by molar-refractivity contribution is 6.33. The largest absolute Gasteiger partial charge is 0.398 e. The van der Waals surface area contributed by atoms with E-state index in [-0.39, 0.29) is 10.6 Å². The second-order valence-corrected chi connectivity index (χ2v) is 4.22. The van der Waals surface area contributed by atoms with E-state index in [0.29, 0.717) is 11.4 Å². The molecule has 1 amide bonds. The van der Waals surface area contributed by atoms with E-state index in [2.05, 4.69) is 5.32 Å². The molecule has 0 saturated carbocycles. The van der Waals surface area contributed by atoms with Crippen molar-refractivity contribution >= 4 is 28.9 Å². The summed E-state index contributed by atoms with van der Waals surface area (Å²) >= 11 is 5.79. The second kappa shape index (κ2) is 5.24. The number of hydrogen-bond donors (Lipinski definition) is 2. The van der Waals surface area contributed by atoms with E-state index >= 15 is 0 Å². The van der Waals surface area contributed by atoms with Gasteiger partial charge in [0.25, 0.3) is 5.91 Å². The van der Waals surface area contributed by atoms with Gasteiger partial charge >= 0.3 is 0 Å². The van der Waals surface area contributed by atoms with Gasteiger partial charge in [0.2, 0.25) is 0 Å². The lowest BCUT2D eigenvalue weighted by atomic mass is 10.2. The molecule has 2 aromatic rings. The van der Waals surface area contributed by atoms with Crippen LogP contribution in [0.25, 0.3) is 0 Å². The molecule has 0 aliphatic heterocycles. The molecule has 0 aliphatic carbocycles. The van der Waals surface area contributed by atoms with Crippen molar-refractivity contribution in [2.45, 2.75) is 0 Å². The molecular weight excluding hydrogens is 274 g/mol. The molecule has 3 nitrogen and oxygen atoms in total.